The van der Waals surface area contributed by atoms with Gasteiger partial charge in [-0.05, 0) is 81.6 Å². The number of hydrogen-bond acceptors (Lipinski definition) is 15. The number of ether oxygens (including phenoxy) is 1. The summed E-state index contributed by atoms with van der Waals surface area (Å²) in [5, 5.41) is 36.8. The average Bonchev–Trinajstić information content (AvgIpc) is 2.97. The first-order chi connectivity index (χ1) is 42.0. The first-order valence-electron chi connectivity index (χ1n) is 31.2. The second kappa shape index (κ2) is 39.2. The van der Waals surface area contributed by atoms with E-state index in [1.807, 2.05) is 44.2 Å². The van der Waals surface area contributed by atoms with Crippen molar-refractivity contribution in [3.8, 4) is 0 Å². The van der Waals surface area contributed by atoms with Crippen LogP contribution in [0.2, 0.25) is 0 Å². The van der Waals surface area contributed by atoms with E-state index in [2.05, 4.69) is 58.2 Å². The number of aliphatic imine (C=N–C) groups is 1. The molecular formula is C61H102N14O14. The molecule has 2 rings (SSSR count). The van der Waals surface area contributed by atoms with Gasteiger partial charge in [-0.25, -0.2) is 4.79 Å². The maximum absolute atomic E-state index is 14.5. The number of aliphatic hydroxyl groups is 1. The van der Waals surface area contributed by atoms with Crippen molar-refractivity contribution in [2.75, 3.05) is 13.2 Å². The summed E-state index contributed by atoms with van der Waals surface area (Å²) < 4.78 is 5.71. The summed E-state index contributed by atoms with van der Waals surface area (Å²) in [6, 6.07) is -4.52. The van der Waals surface area contributed by atoms with E-state index < -0.39 is 174 Å². The topological polar surface area (TPSA) is 445 Å². The smallest absolute Gasteiger partial charge is 0.329 e. The van der Waals surface area contributed by atoms with E-state index in [0.29, 0.717) is 32.1 Å². The average molecular weight is 1260 g/mol. The van der Waals surface area contributed by atoms with Gasteiger partial charge in [0.1, 0.15) is 66.5 Å². The minimum Gasteiger partial charge on any atom is -0.458 e. The Morgan fingerprint density at radius 2 is 1.10 bits per heavy atom. The van der Waals surface area contributed by atoms with E-state index >= 15 is 0 Å². The number of carbonyl (C=O) groups is 12. The lowest BCUT2D eigenvalue weighted by Gasteiger charge is -2.31. The van der Waals surface area contributed by atoms with Gasteiger partial charge in [0, 0.05) is 18.9 Å². The highest BCUT2D eigenvalue weighted by atomic mass is 16.5. The maximum Gasteiger partial charge on any atom is 0.329 e. The molecular weight excluding hydrogens is 1150 g/mol. The summed E-state index contributed by atoms with van der Waals surface area (Å²) in [6.45, 7) is 19.1. The number of nitrogens with zero attached hydrogens (tertiary/aromatic N) is 1. The molecule has 1 aromatic carbocycles. The Balaban J connectivity index is 2.49. The molecule has 1 saturated heterocycles. The van der Waals surface area contributed by atoms with Crippen LogP contribution in [-0.2, 0) is 68.7 Å². The van der Waals surface area contributed by atoms with Gasteiger partial charge in [0.05, 0.1) is 6.61 Å². The lowest BCUT2D eigenvalue weighted by Crippen LogP contribution is -2.63. The second-order valence-corrected chi connectivity index (χ2v) is 23.3. The Labute approximate surface area is 523 Å². The molecule has 1 heterocycles. The Morgan fingerprint density at radius 1 is 0.596 bits per heavy atom. The van der Waals surface area contributed by atoms with Crippen LogP contribution in [0.4, 0.5) is 0 Å². The van der Waals surface area contributed by atoms with Crippen LogP contribution in [0.5, 0.6) is 0 Å². The van der Waals surface area contributed by atoms with Crippen LogP contribution < -0.4 is 70.4 Å². The quantitative estimate of drug-likeness (QED) is 0.0174. The molecule has 1 fully saturated rings. The number of nitrogens with two attached hydrogens (primary N) is 3. The van der Waals surface area contributed by atoms with Gasteiger partial charge in [0.25, 0.3) is 0 Å². The van der Waals surface area contributed by atoms with E-state index in [1.165, 1.54) is 13.8 Å². The predicted octanol–water partition coefficient (Wildman–Crippen LogP) is -0.636. The van der Waals surface area contributed by atoms with Crippen molar-refractivity contribution in [2.24, 2.45) is 51.8 Å². The lowest BCUT2D eigenvalue weighted by atomic mass is 9.93. The van der Waals surface area contributed by atoms with Gasteiger partial charge in [-0.3, -0.25) is 57.7 Å². The standard InChI is InChI=1S/C61H102N14O14/c1-13-23-40-53(81)74-48(35(10)17-5)60(88)89-37(12)49(59(87)66-36(11)50(78)67-40)75-55(83)43(31-76)70-57(85)46(33(8)15-3)73-58(86)47(34(9)16-4)72-54(82)42(27-28-44(62)77)68-52(80)41(26-22-29-65-61(63)64)69-56(84)45(32(7)14-2)71-51(79)39(18-6)30-38-24-20-19-21-25-38/h19-21,24-25,32-37,39-43,45-49,76H,13-18,22-23,26-31H2,1-12H3,(H2,62,77)(H,66,87)(H,67,78)(H,68,80)(H,69,84)(H,70,85)(H,71,79)(H,72,82)(H,73,86)(H,74,81)(H,75,83)(H4,63,64,65)/t32-,33-,34+,35-,36-,37-,39+,40-,41-,42+,43-,45-,46-,47+,48-,49+/m0/s1. The number of benzene rings is 1. The minimum absolute atomic E-state index is 0.0488. The zero-order valence-corrected chi connectivity index (χ0v) is 54.0. The van der Waals surface area contributed by atoms with Gasteiger partial charge in [0.2, 0.25) is 65.0 Å². The number of hydrogen-bond donors (Lipinski definition) is 14. The monoisotopic (exact) mass is 1250 g/mol. The third kappa shape index (κ3) is 25.2. The van der Waals surface area contributed by atoms with Crippen LogP contribution in [0.3, 0.4) is 0 Å². The van der Waals surface area contributed by atoms with Crippen LogP contribution in [-0.4, -0.2) is 162 Å². The van der Waals surface area contributed by atoms with Crippen molar-refractivity contribution in [2.45, 2.75) is 227 Å². The van der Waals surface area contributed by atoms with Crippen molar-refractivity contribution < 1.29 is 67.4 Å². The highest BCUT2D eigenvalue weighted by Gasteiger charge is 2.41. The SMILES string of the molecule is CCC[C@@H]1NC(=O)[C@H](C)NC(=O)[C@H](NC(=O)[C@H](CO)NC(=O)[C@@H](NC(=O)[C@H](NC(=O)[C@@H](CCC(N)=O)NC(=O)[C@H](CCCN=C(N)N)NC(=O)[C@@H](NC(=O)[C@H](CC)Cc2ccccc2)[C@@H](C)CC)[C@H](C)CC)[C@@H](C)CC)[C@H](C)OC(=O)[C@H]([C@@H](C)CC)NC1=O. The predicted molar refractivity (Wildman–Crippen MR) is 333 cm³/mol. The molecule has 0 spiro atoms. The number of primary amides is 1. The fourth-order valence-electron chi connectivity index (χ4n) is 9.63. The molecule has 28 nitrogen and oxygen atoms in total. The molecule has 28 heteroatoms. The van der Waals surface area contributed by atoms with Gasteiger partial charge in [-0.15, -0.1) is 0 Å². The van der Waals surface area contributed by atoms with E-state index in [9.17, 15) is 62.6 Å². The molecule has 0 aromatic heterocycles. The Bertz CT molecular complexity index is 2570. The molecule has 0 saturated carbocycles. The van der Waals surface area contributed by atoms with E-state index in [1.54, 1.807) is 55.4 Å². The van der Waals surface area contributed by atoms with Crippen molar-refractivity contribution in [1.29, 1.82) is 0 Å². The molecule has 17 N–H and O–H groups in total. The summed E-state index contributed by atoms with van der Waals surface area (Å²) in [5.74, 6) is -12.9. The van der Waals surface area contributed by atoms with Gasteiger partial charge >= 0.3 is 5.97 Å². The second-order valence-electron chi connectivity index (χ2n) is 23.3. The highest BCUT2D eigenvalue weighted by molar-refractivity contribution is 5.99. The van der Waals surface area contributed by atoms with Crippen LogP contribution in [0, 0.1) is 29.6 Å². The van der Waals surface area contributed by atoms with Crippen LogP contribution in [0.1, 0.15) is 159 Å². The molecule has 0 aliphatic carbocycles. The summed E-state index contributed by atoms with van der Waals surface area (Å²) >= 11 is 0. The molecule has 1 aliphatic heterocycles. The van der Waals surface area contributed by atoms with Gasteiger partial charge in [-0.2, -0.15) is 0 Å². The molecule has 0 radical (unpaired) electrons. The fourth-order valence-corrected chi connectivity index (χ4v) is 9.63. The van der Waals surface area contributed by atoms with Crippen LogP contribution in [0.15, 0.2) is 35.3 Å². The molecule has 0 bridgehead atoms. The van der Waals surface area contributed by atoms with E-state index in [4.69, 9.17) is 21.9 Å². The molecule has 89 heavy (non-hydrogen) atoms. The fraction of sp³-hybridized carbons (Fsp3) is 0.689. The summed E-state index contributed by atoms with van der Waals surface area (Å²) in [7, 11) is 0. The Hall–Kier alpha value is -7.91. The van der Waals surface area contributed by atoms with Gasteiger partial charge in [-0.1, -0.05) is 132 Å². The summed E-state index contributed by atoms with van der Waals surface area (Å²) in [6.07, 6.45) is 0.869. The highest BCUT2D eigenvalue weighted by Crippen LogP contribution is 2.19. The number of esters is 1. The number of amides is 11. The zero-order valence-electron chi connectivity index (χ0n) is 54.0. The number of guanidine groups is 1. The number of aliphatic hydroxyl groups excluding tert-OH is 1. The molecule has 500 valence electrons. The number of rotatable bonds is 35. The van der Waals surface area contributed by atoms with Crippen molar-refractivity contribution in [1.82, 2.24) is 53.2 Å². The zero-order chi connectivity index (χ0) is 67.2. The van der Waals surface area contributed by atoms with E-state index in [-0.39, 0.29) is 56.9 Å². The first-order valence-corrected chi connectivity index (χ1v) is 31.2. The molecule has 16 atom stereocenters. The van der Waals surface area contributed by atoms with Crippen LogP contribution in [0.25, 0.3) is 0 Å². The molecule has 1 aromatic rings. The lowest BCUT2D eigenvalue weighted by molar-refractivity contribution is -0.157. The summed E-state index contributed by atoms with van der Waals surface area (Å²) in [5.41, 5.74) is 17.6. The number of carbonyl (C=O) groups excluding carboxylic acids is 12. The van der Waals surface area contributed by atoms with Crippen molar-refractivity contribution in [3.05, 3.63) is 35.9 Å². The molecule has 11 amide bonds. The molecule has 1 aliphatic rings. The first kappa shape index (κ1) is 77.2. The Kier molecular flexibility index (Phi) is 34.0. The van der Waals surface area contributed by atoms with E-state index in [0.717, 1.165) is 5.56 Å². The third-order valence-electron chi connectivity index (χ3n) is 16.4. The van der Waals surface area contributed by atoms with Crippen molar-refractivity contribution >= 4 is 76.9 Å². The third-order valence-corrected chi connectivity index (χ3v) is 16.4. The largest absolute Gasteiger partial charge is 0.458 e. The molecule has 0 unspecified atom stereocenters. The van der Waals surface area contributed by atoms with Crippen LogP contribution >= 0.6 is 0 Å². The normalized spacial score (nSPS) is 20.9. The van der Waals surface area contributed by atoms with Crippen molar-refractivity contribution in [3.63, 3.8) is 0 Å². The number of cyclic esters (lactones) is 1. The summed E-state index contributed by atoms with van der Waals surface area (Å²) in [4.78, 5) is 171. The minimum atomic E-state index is -1.80. The number of nitrogens with one attached hydrogen (secondary N) is 10. The Morgan fingerprint density at radius 3 is 1.61 bits per heavy atom. The van der Waals surface area contributed by atoms with Gasteiger partial charge in [0.15, 0.2) is 5.96 Å². The van der Waals surface area contributed by atoms with Gasteiger partial charge < -0.3 is 80.2 Å². The maximum atomic E-state index is 14.5.